The van der Waals surface area contributed by atoms with Crippen molar-refractivity contribution in [3.63, 3.8) is 0 Å². The van der Waals surface area contributed by atoms with Gasteiger partial charge in [-0.15, -0.1) is 11.3 Å². The standard InChI is InChI=1S/C26H28FN5O4S2/c27-22-16-21(29-26(34)30-38(35)25-2-1-13-37-25)5-6-23(22)32-17-18-3-4-20(14-19(18)15-24(32)33)28-7-8-31-9-11-36-12-10-31/h1-6,13-14,16,28H,7-12,15,17H2,(H2,29,30,34). The van der Waals surface area contributed by atoms with E-state index in [1.807, 2.05) is 18.2 Å². The quantitative estimate of drug-likeness (QED) is 0.392. The summed E-state index contributed by atoms with van der Waals surface area (Å²) >= 11 is 1.26. The lowest BCUT2D eigenvalue weighted by atomic mass is 9.97. The van der Waals surface area contributed by atoms with Gasteiger partial charge in [0.05, 0.1) is 31.9 Å². The Morgan fingerprint density at radius 1 is 1.08 bits per heavy atom. The molecule has 200 valence electrons. The van der Waals surface area contributed by atoms with Crippen LogP contribution in [-0.4, -0.2) is 60.4 Å². The Morgan fingerprint density at radius 3 is 2.66 bits per heavy atom. The van der Waals surface area contributed by atoms with E-state index < -0.39 is 22.8 Å². The lowest BCUT2D eigenvalue weighted by Crippen LogP contribution is -2.39. The lowest BCUT2D eigenvalue weighted by molar-refractivity contribution is -0.118. The minimum absolute atomic E-state index is 0.140. The summed E-state index contributed by atoms with van der Waals surface area (Å²) in [5.74, 6) is -0.841. The summed E-state index contributed by atoms with van der Waals surface area (Å²) in [6.07, 6.45) is 0.171. The number of hydrogen-bond donors (Lipinski definition) is 3. The molecule has 38 heavy (non-hydrogen) atoms. The van der Waals surface area contributed by atoms with Crippen molar-refractivity contribution in [2.45, 2.75) is 17.2 Å². The van der Waals surface area contributed by atoms with Crippen LogP contribution < -0.4 is 20.3 Å². The molecule has 3 N–H and O–H groups in total. The van der Waals surface area contributed by atoms with Gasteiger partial charge in [-0.05, 0) is 52.9 Å². The molecule has 2 aromatic carbocycles. The zero-order valence-electron chi connectivity index (χ0n) is 20.6. The van der Waals surface area contributed by atoms with Gasteiger partial charge in [0, 0.05) is 37.6 Å². The molecule has 1 atom stereocenters. The summed E-state index contributed by atoms with van der Waals surface area (Å²) in [5.41, 5.74) is 3.17. The Balaban J connectivity index is 1.18. The highest BCUT2D eigenvalue weighted by Crippen LogP contribution is 2.30. The van der Waals surface area contributed by atoms with Crippen LogP contribution in [-0.2, 0) is 33.5 Å². The van der Waals surface area contributed by atoms with Crippen molar-refractivity contribution in [2.75, 3.05) is 54.9 Å². The van der Waals surface area contributed by atoms with Crippen molar-refractivity contribution in [1.82, 2.24) is 9.62 Å². The summed E-state index contributed by atoms with van der Waals surface area (Å²) in [6, 6.07) is 12.7. The second-order valence-corrected chi connectivity index (χ2v) is 11.3. The molecule has 5 rings (SSSR count). The van der Waals surface area contributed by atoms with Gasteiger partial charge in [-0.1, -0.05) is 12.1 Å². The number of urea groups is 1. The van der Waals surface area contributed by atoms with Crippen LogP contribution in [0, 0.1) is 5.82 Å². The van der Waals surface area contributed by atoms with Gasteiger partial charge >= 0.3 is 6.03 Å². The molecular weight excluding hydrogens is 529 g/mol. The fourth-order valence-electron chi connectivity index (χ4n) is 4.44. The Hall–Kier alpha value is -3.32. The molecule has 0 bridgehead atoms. The highest BCUT2D eigenvalue weighted by molar-refractivity contribution is 7.86. The third-order valence-corrected chi connectivity index (χ3v) is 8.67. The lowest BCUT2D eigenvalue weighted by Gasteiger charge is -2.30. The van der Waals surface area contributed by atoms with Crippen molar-refractivity contribution in [2.24, 2.45) is 0 Å². The monoisotopic (exact) mass is 557 g/mol. The number of thiophene rings is 1. The number of anilines is 3. The number of halogens is 1. The molecule has 0 saturated carbocycles. The molecule has 1 unspecified atom stereocenters. The van der Waals surface area contributed by atoms with E-state index in [4.69, 9.17) is 4.74 Å². The van der Waals surface area contributed by atoms with Gasteiger partial charge in [0.2, 0.25) is 5.91 Å². The fourth-order valence-corrected chi connectivity index (χ4v) is 6.05. The maximum absolute atomic E-state index is 15.0. The smallest absolute Gasteiger partial charge is 0.331 e. The average Bonchev–Trinajstić information content (AvgIpc) is 3.45. The summed E-state index contributed by atoms with van der Waals surface area (Å²) in [7, 11) is -1.70. The Morgan fingerprint density at radius 2 is 1.89 bits per heavy atom. The maximum atomic E-state index is 15.0. The molecule has 1 aromatic heterocycles. The van der Waals surface area contributed by atoms with Crippen LogP contribution in [0.25, 0.3) is 0 Å². The van der Waals surface area contributed by atoms with Crippen LogP contribution in [0.4, 0.5) is 26.2 Å². The SMILES string of the molecule is O=C(Nc1ccc(N2Cc3ccc(NCCN4CCOCC4)cc3CC2=O)c(F)c1)NS(=O)c1cccs1. The zero-order valence-corrected chi connectivity index (χ0v) is 22.2. The fraction of sp³-hybridized carbons (Fsp3) is 0.308. The van der Waals surface area contributed by atoms with Crippen LogP contribution in [0.2, 0.25) is 0 Å². The maximum Gasteiger partial charge on any atom is 0.331 e. The van der Waals surface area contributed by atoms with Crippen LogP contribution in [0.15, 0.2) is 58.1 Å². The van der Waals surface area contributed by atoms with E-state index in [0.717, 1.165) is 62.3 Å². The molecule has 1 saturated heterocycles. The number of rotatable bonds is 8. The highest BCUT2D eigenvalue weighted by Gasteiger charge is 2.26. The minimum atomic E-state index is -1.70. The summed E-state index contributed by atoms with van der Waals surface area (Å²) in [5, 5.41) is 7.66. The molecule has 0 radical (unpaired) electrons. The molecule has 1 fully saturated rings. The number of fused-ring (bicyclic) bond motifs is 1. The van der Waals surface area contributed by atoms with Crippen molar-refractivity contribution in [3.05, 3.63) is 70.9 Å². The Labute approximate surface area is 226 Å². The van der Waals surface area contributed by atoms with E-state index in [-0.39, 0.29) is 30.2 Å². The number of ether oxygens (including phenoxy) is 1. The predicted octanol–water partition coefficient (Wildman–Crippen LogP) is 3.56. The predicted molar refractivity (Wildman–Crippen MR) is 146 cm³/mol. The molecule has 2 aliphatic rings. The van der Waals surface area contributed by atoms with E-state index in [9.17, 15) is 13.8 Å². The topological polar surface area (TPSA) is 103 Å². The van der Waals surface area contributed by atoms with E-state index in [1.165, 1.54) is 28.4 Å². The normalized spacial score (nSPS) is 16.6. The zero-order chi connectivity index (χ0) is 26.5. The van der Waals surface area contributed by atoms with Crippen molar-refractivity contribution < 1.29 is 22.9 Å². The van der Waals surface area contributed by atoms with Gasteiger partial charge < -0.3 is 20.3 Å². The van der Waals surface area contributed by atoms with Crippen molar-refractivity contribution in [1.29, 1.82) is 0 Å². The van der Waals surface area contributed by atoms with Crippen LogP contribution in [0.3, 0.4) is 0 Å². The number of benzene rings is 2. The summed E-state index contributed by atoms with van der Waals surface area (Å²) in [6.45, 7) is 5.39. The number of morpholine rings is 1. The molecule has 12 heteroatoms. The molecule has 3 heterocycles. The molecule has 0 spiro atoms. The Kier molecular flexibility index (Phi) is 8.32. The van der Waals surface area contributed by atoms with E-state index in [2.05, 4.69) is 20.3 Å². The second kappa shape index (κ2) is 12.0. The second-order valence-electron chi connectivity index (χ2n) is 8.94. The van der Waals surface area contributed by atoms with Gasteiger partial charge in [0.15, 0.2) is 11.0 Å². The van der Waals surface area contributed by atoms with Gasteiger partial charge in [-0.3, -0.25) is 14.4 Å². The first-order valence-electron chi connectivity index (χ1n) is 12.2. The molecule has 9 nitrogen and oxygen atoms in total. The van der Waals surface area contributed by atoms with Crippen molar-refractivity contribution in [3.8, 4) is 0 Å². The number of carbonyl (C=O) groups is 2. The minimum Gasteiger partial charge on any atom is -0.384 e. The van der Waals surface area contributed by atoms with E-state index in [0.29, 0.717) is 4.21 Å². The molecular formula is C26H28FN5O4S2. The largest absolute Gasteiger partial charge is 0.384 e. The van der Waals surface area contributed by atoms with E-state index in [1.54, 1.807) is 17.5 Å². The van der Waals surface area contributed by atoms with Gasteiger partial charge in [-0.25, -0.2) is 13.4 Å². The number of carbonyl (C=O) groups excluding carboxylic acids is 2. The molecule has 2 aliphatic heterocycles. The van der Waals surface area contributed by atoms with Crippen LogP contribution >= 0.6 is 11.3 Å². The van der Waals surface area contributed by atoms with Crippen molar-refractivity contribution >= 4 is 51.3 Å². The third-order valence-electron chi connectivity index (χ3n) is 6.40. The van der Waals surface area contributed by atoms with Gasteiger partial charge in [-0.2, -0.15) is 0 Å². The average molecular weight is 558 g/mol. The first kappa shape index (κ1) is 26.3. The number of nitrogens with zero attached hydrogens (tertiary/aromatic N) is 2. The third kappa shape index (κ3) is 6.38. The van der Waals surface area contributed by atoms with Gasteiger partial charge in [0.25, 0.3) is 0 Å². The highest BCUT2D eigenvalue weighted by atomic mass is 32.2. The van der Waals surface area contributed by atoms with Gasteiger partial charge in [0.1, 0.15) is 10.0 Å². The van der Waals surface area contributed by atoms with E-state index >= 15 is 4.39 Å². The van der Waals surface area contributed by atoms with Crippen LogP contribution in [0.1, 0.15) is 11.1 Å². The number of hydrogen-bond acceptors (Lipinski definition) is 7. The first-order valence-corrected chi connectivity index (χ1v) is 14.3. The molecule has 3 amide bonds. The summed E-state index contributed by atoms with van der Waals surface area (Å²) < 4.78 is 35.4. The van der Waals surface area contributed by atoms with Crippen LogP contribution in [0.5, 0.6) is 0 Å². The number of nitrogens with one attached hydrogen (secondary N) is 3. The molecule has 0 aliphatic carbocycles. The first-order chi connectivity index (χ1) is 18.5. The molecule has 3 aromatic rings. The number of amides is 3. The Bertz CT molecular complexity index is 1330. The summed E-state index contributed by atoms with van der Waals surface area (Å²) in [4.78, 5) is 28.9.